The van der Waals surface area contributed by atoms with Gasteiger partial charge in [0, 0.05) is 6.54 Å². The third-order valence-corrected chi connectivity index (χ3v) is 3.02. The highest BCUT2D eigenvalue weighted by Gasteiger charge is 2.14. The molecule has 0 heterocycles. The second-order valence-corrected chi connectivity index (χ2v) is 4.12. The van der Waals surface area contributed by atoms with Gasteiger partial charge in [0.1, 0.15) is 0 Å². The molecule has 0 bridgehead atoms. The van der Waals surface area contributed by atoms with E-state index in [2.05, 4.69) is 5.32 Å². The Morgan fingerprint density at radius 3 is 2.64 bits per heavy atom. The zero-order valence-electron chi connectivity index (χ0n) is 8.50. The number of rotatable bonds is 3. The summed E-state index contributed by atoms with van der Waals surface area (Å²) in [5.74, 6) is 0.856. The monoisotopic (exact) mass is 190 g/mol. The number of hydrogen-bond donors (Lipinski definition) is 2. The van der Waals surface area contributed by atoms with E-state index in [4.69, 9.17) is 5.73 Å². The molecule has 76 valence electrons. The van der Waals surface area contributed by atoms with Crippen molar-refractivity contribution in [1.29, 1.82) is 0 Å². The summed E-state index contributed by atoms with van der Waals surface area (Å²) in [7, 11) is 0. The molecule has 2 heteroatoms. The Balaban J connectivity index is 1.88. The molecule has 1 aromatic carbocycles. The summed E-state index contributed by atoms with van der Waals surface area (Å²) in [6.07, 6.45) is 5.55. The summed E-state index contributed by atoms with van der Waals surface area (Å²) in [5, 5.41) is 3.43. The SMILES string of the molecule is Nc1ccccc1NCC1CCCC1. The molecule has 0 aromatic heterocycles. The average molecular weight is 190 g/mol. The summed E-state index contributed by atoms with van der Waals surface area (Å²) < 4.78 is 0. The fourth-order valence-corrected chi connectivity index (χ4v) is 2.13. The predicted octanol–water partition coefficient (Wildman–Crippen LogP) is 2.87. The minimum atomic E-state index is 0.852. The van der Waals surface area contributed by atoms with Crippen molar-refractivity contribution >= 4 is 11.4 Å². The summed E-state index contributed by atoms with van der Waals surface area (Å²) in [6.45, 7) is 1.08. The van der Waals surface area contributed by atoms with Crippen LogP contribution in [-0.2, 0) is 0 Å². The van der Waals surface area contributed by atoms with Crippen LogP contribution < -0.4 is 11.1 Å². The van der Waals surface area contributed by atoms with Gasteiger partial charge in [0.2, 0.25) is 0 Å². The van der Waals surface area contributed by atoms with Gasteiger partial charge in [0.25, 0.3) is 0 Å². The van der Waals surface area contributed by atoms with E-state index in [0.717, 1.165) is 23.8 Å². The van der Waals surface area contributed by atoms with Crippen LogP contribution in [0.15, 0.2) is 24.3 Å². The molecular weight excluding hydrogens is 172 g/mol. The van der Waals surface area contributed by atoms with Crippen LogP contribution in [0.4, 0.5) is 11.4 Å². The van der Waals surface area contributed by atoms with Gasteiger partial charge in [-0.2, -0.15) is 0 Å². The average Bonchev–Trinajstić information content (AvgIpc) is 2.69. The van der Waals surface area contributed by atoms with Gasteiger partial charge in [-0.1, -0.05) is 25.0 Å². The molecule has 2 nitrogen and oxygen atoms in total. The smallest absolute Gasteiger partial charge is 0.0573 e. The molecule has 1 fully saturated rings. The first-order valence-corrected chi connectivity index (χ1v) is 5.44. The molecule has 0 unspecified atom stereocenters. The maximum absolute atomic E-state index is 5.84. The van der Waals surface area contributed by atoms with Crippen molar-refractivity contribution in [2.45, 2.75) is 25.7 Å². The van der Waals surface area contributed by atoms with Crippen LogP contribution in [0, 0.1) is 5.92 Å². The van der Waals surface area contributed by atoms with E-state index in [-0.39, 0.29) is 0 Å². The van der Waals surface area contributed by atoms with Gasteiger partial charge in [-0.15, -0.1) is 0 Å². The molecule has 14 heavy (non-hydrogen) atoms. The van der Waals surface area contributed by atoms with E-state index < -0.39 is 0 Å². The van der Waals surface area contributed by atoms with Crippen LogP contribution in [0.25, 0.3) is 0 Å². The van der Waals surface area contributed by atoms with Crippen molar-refractivity contribution in [3.8, 4) is 0 Å². The number of benzene rings is 1. The van der Waals surface area contributed by atoms with Crippen molar-refractivity contribution in [2.24, 2.45) is 5.92 Å². The molecule has 0 saturated heterocycles. The Hall–Kier alpha value is -1.18. The molecule has 1 saturated carbocycles. The van der Waals surface area contributed by atoms with Crippen molar-refractivity contribution in [2.75, 3.05) is 17.6 Å². The summed E-state index contributed by atoms with van der Waals surface area (Å²) in [6, 6.07) is 7.98. The summed E-state index contributed by atoms with van der Waals surface area (Å²) in [4.78, 5) is 0. The predicted molar refractivity (Wildman–Crippen MR) is 61.3 cm³/mol. The number of anilines is 2. The highest BCUT2D eigenvalue weighted by Crippen LogP contribution is 2.26. The molecular formula is C12H18N2. The third-order valence-electron chi connectivity index (χ3n) is 3.02. The normalized spacial score (nSPS) is 17.1. The number of nitrogens with one attached hydrogen (secondary N) is 1. The largest absolute Gasteiger partial charge is 0.397 e. The second kappa shape index (κ2) is 4.36. The van der Waals surface area contributed by atoms with Crippen LogP contribution >= 0.6 is 0 Å². The first kappa shape index (κ1) is 9.38. The molecule has 0 spiro atoms. The maximum atomic E-state index is 5.84. The molecule has 1 aliphatic rings. The Morgan fingerprint density at radius 1 is 1.21 bits per heavy atom. The van der Waals surface area contributed by atoms with Crippen LogP contribution in [0.3, 0.4) is 0 Å². The molecule has 0 radical (unpaired) electrons. The zero-order valence-corrected chi connectivity index (χ0v) is 8.50. The molecule has 0 amide bonds. The Labute approximate surface area is 85.5 Å². The quantitative estimate of drug-likeness (QED) is 0.719. The van der Waals surface area contributed by atoms with Crippen molar-refractivity contribution in [3.63, 3.8) is 0 Å². The first-order valence-electron chi connectivity index (χ1n) is 5.44. The molecule has 0 aliphatic heterocycles. The molecule has 0 atom stereocenters. The topological polar surface area (TPSA) is 38.0 Å². The van der Waals surface area contributed by atoms with Crippen molar-refractivity contribution in [1.82, 2.24) is 0 Å². The van der Waals surface area contributed by atoms with Gasteiger partial charge in [-0.3, -0.25) is 0 Å². The van der Waals surface area contributed by atoms with Crippen LogP contribution in [0.2, 0.25) is 0 Å². The number of nitrogens with two attached hydrogens (primary N) is 1. The van der Waals surface area contributed by atoms with E-state index in [1.165, 1.54) is 25.7 Å². The number of para-hydroxylation sites is 2. The Morgan fingerprint density at radius 2 is 1.93 bits per heavy atom. The van der Waals surface area contributed by atoms with Crippen LogP contribution in [0.1, 0.15) is 25.7 Å². The zero-order chi connectivity index (χ0) is 9.80. The summed E-state index contributed by atoms with van der Waals surface area (Å²) in [5.41, 5.74) is 7.78. The molecule has 1 aliphatic carbocycles. The lowest BCUT2D eigenvalue weighted by Crippen LogP contribution is -2.11. The van der Waals surface area contributed by atoms with Crippen molar-refractivity contribution < 1.29 is 0 Å². The van der Waals surface area contributed by atoms with Crippen LogP contribution in [0.5, 0.6) is 0 Å². The first-order chi connectivity index (χ1) is 6.86. The van der Waals surface area contributed by atoms with Gasteiger partial charge in [0.15, 0.2) is 0 Å². The van der Waals surface area contributed by atoms with E-state index in [0.29, 0.717) is 0 Å². The van der Waals surface area contributed by atoms with E-state index in [9.17, 15) is 0 Å². The molecule has 3 N–H and O–H groups in total. The van der Waals surface area contributed by atoms with Gasteiger partial charge in [0.05, 0.1) is 11.4 Å². The maximum Gasteiger partial charge on any atom is 0.0573 e. The van der Waals surface area contributed by atoms with Gasteiger partial charge < -0.3 is 11.1 Å². The Kier molecular flexibility index (Phi) is 2.92. The lowest BCUT2D eigenvalue weighted by atomic mass is 10.1. The number of nitrogen functional groups attached to an aromatic ring is 1. The van der Waals surface area contributed by atoms with Gasteiger partial charge in [-0.05, 0) is 30.9 Å². The van der Waals surface area contributed by atoms with E-state index in [1.54, 1.807) is 0 Å². The third kappa shape index (κ3) is 2.19. The van der Waals surface area contributed by atoms with Crippen LogP contribution in [-0.4, -0.2) is 6.54 Å². The molecule has 2 rings (SSSR count). The summed E-state index contributed by atoms with van der Waals surface area (Å²) >= 11 is 0. The highest BCUT2D eigenvalue weighted by atomic mass is 14.9. The fraction of sp³-hybridized carbons (Fsp3) is 0.500. The fourth-order valence-electron chi connectivity index (χ4n) is 2.13. The van der Waals surface area contributed by atoms with Gasteiger partial charge in [-0.25, -0.2) is 0 Å². The van der Waals surface area contributed by atoms with Crippen molar-refractivity contribution in [3.05, 3.63) is 24.3 Å². The molecule has 1 aromatic rings. The highest BCUT2D eigenvalue weighted by molar-refractivity contribution is 5.65. The number of hydrogen-bond acceptors (Lipinski definition) is 2. The Bertz CT molecular complexity index is 290. The standard InChI is InChI=1S/C12H18N2/c13-11-7-3-4-8-12(11)14-9-10-5-1-2-6-10/h3-4,7-8,10,14H,1-2,5-6,9,13H2. The second-order valence-electron chi connectivity index (χ2n) is 4.12. The lowest BCUT2D eigenvalue weighted by Gasteiger charge is -2.13. The van der Waals surface area contributed by atoms with E-state index >= 15 is 0 Å². The minimum absolute atomic E-state index is 0.852. The minimum Gasteiger partial charge on any atom is -0.397 e. The lowest BCUT2D eigenvalue weighted by molar-refractivity contribution is 0.580. The van der Waals surface area contributed by atoms with E-state index in [1.807, 2.05) is 24.3 Å². The van der Waals surface area contributed by atoms with Gasteiger partial charge >= 0.3 is 0 Å².